The normalized spacial score (nSPS) is 16.5. The van der Waals surface area contributed by atoms with Crippen LogP contribution in [0, 0.1) is 5.82 Å². The Morgan fingerprint density at radius 3 is 2.57 bits per heavy atom. The van der Waals surface area contributed by atoms with Gasteiger partial charge < -0.3 is 16.4 Å². The number of halogens is 1. The van der Waals surface area contributed by atoms with Crippen molar-refractivity contribution in [1.82, 2.24) is 0 Å². The zero-order valence-electron chi connectivity index (χ0n) is 12.0. The quantitative estimate of drug-likeness (QED) is 0.797. The fourth-order valence-electron chi connectivity index (χ4n) is 2.67. The highest BCUT2D eigenvalue weighted by Gasteiger charge is 2.31. The van der Waals surface area contributed by atoms with Gasteiger partial charge in [0.05, 0.1) is 5.69 Å². The third-order valence-corrected chi connectivity index (χ3v) is 3.67. The first-order valence-electron chi connectivity index (χ1n) is 7.04. The lowest BCUT2D eigenvalue weighted by Gasteiger charge is -2.22. The van der Waals surface area contributed by atoms with Gasteiger partial charge in [0.25, 0.3) is 0 Å². The van der Waals surface area contributed by atoms with Crippen LogP contribution in [0.3, 0.4) is 0 Å². The molecule has 1 saturated carbocycles. The number of nitrogens with one attached hydrogen (secondary N) is 2. The Kier molecular flexibility index (Phi) is 4.57. The van der Waals surface area contributed by atoms with Gasteiger partial charge >= 0.3 is 0 Å². The first kappa shape index (κ1) is 15.4. The number of benzene rings is 1. The van der Waals surface area contributed by atoms with E-state index in [0.717, 1.165) is 25.7 Å². The molecule has 1 fully saturated rings. The first-order chi connectivity index (χ1) is 9.88. The molecule has 2 amide bonds. The van der Waals surface area contributed by atoms with Gasteiger partial charge in [-0.15, -0.1) is 0 Å². The molecule has 2 rings (SSSR count). The van der Waals surface area contributed by atoms with Crippen LogP contribution in [-0.2, 0) is 9.59 Å². The lowest BCUT2D eigenvalue weighted by Crippen LogP contribution is -2.40. The van der Waals surface area contributed by atoms with Crippen molar-refractivity contribution in [3.05, 3.63) is 24.0 Å². The molecule has 0 aromatic heterocycles. The predicted molar refractivity (Wildman–Crippen MR) is 79.3 cm³/mol. The van der Waals surface area contributed by atoms with E-state index < -0.39 is 11.4 Å². The molecule has 0 saturated heterocycles. The topological polar surface area (TPSA) is 84.2 Å². The van der Waals surface area contributed by atoms with Crippen LogP contribution in [0.15, 0.2) is 18.2 Å². The van der Waals surface area contributed by atoms with Crippen molar-refractivity contribution in [3.63, 3.8) is 0 Å². The van der Waals surface area contributed by atoms with Crippen LogP contribution in [-0.4, -0.2) is 17.4 Å². The Morgan fingerprint density at radius 2 is 1.95 bits per heavy atom. The molecule has 4 N–H and O–H groups in total. The third kappa shape index (κ3) is 4.26. The van der Waals surface area contributed by atoms with Gasteiger partial charge in [-0.05, 0) is 31.0 Å². The van der Waals surface area contributed by atoms with Crippen LogP contribution in [0.1, 0.15) is 39.0 Å². The Morgan fingerprint density at radius 1 is 1.29 bits per heavy atom. The molecule has 21 heavy (non-hydrogen) atoms. The molecular weight excluding hydrogens is 273 g/mol. The zero-order chi connectivity index (χ0) is 15.5. The van der Waals surface area contributed by atoms with Gasteiger partial charge in [0.15, 0.2) is 0 Å². The van der Waals surface area contributed by atoms with Crippen molar-refractivity contribution >= 4 is 23.2 Å². The molecule has 0 heterocycles. The lowest BCUT2D eigenvalue weighted by atomic mass is 9.94. The van der Waals surface area contributed by atoms with Crippen molar-refractivity contribution in [2.24, 2.45) is 5.73 Å². The molecule has 0 atom stereocenters. The number of hydrogen-bond donors (Lipinski definition) is 3. The van der Waals surface area contributed by atoms with Crippen LogP contribution in [0.5, 0.6) is 0 Å². The highest BCUT2D eigenvalue weighted by molar-refractivity contribution is 5.93. The molecule has 1 aromatic rings. The maximum atomic E-state index is 13.5. The van der Waals surface area contributed by atoms with Crippen LogP contribution >= 0.6 is 0 Å². The fourth-order valence-corrected chi connectivity index (χ4v) is 2.67. The summed E-state index contributed by atoms with van der Waals surface area (Å²) in [7, 11) is 0. The summed E-state index contributed by atoms with van der Waals surface area (Å²) in [5, 5.41) is 5.08. The standard InChI is InChI=1S/C15H20FN3O2/c1-10(20)18-13-8-11(4-5-12(13)16)19-14(21)9-15(17)6-2-3-7-15/h4-5,8H,2-3,6-7,9,17H2,1H3,(H,18,20)(H,19,21). The van der Waals surface area contributed by atoms with E-state index in [1.807, 2.05) is 0 Å². The van der Waals surface area contributed by atoms with Crippen molar-refractivity contribution in [3.8, 4) is 0 Å². The number of nitrogens with two attached hydrogens (primary N) is 1. The molecule has 6 heteroatoms. The fraction of sp³-hybridized carbons (Fsp3) is 0.467. The Labute approximate surface area is 123 Å². The molecule has 0 aliphatic heterocycles. The molecule has 0 radical (unpaired) electrons. The highest BCUT2D eigenvalue weighted by Crippen LogP contribution is 2.30. The maximum absolute atomic E-state index is 13.5. The van der Waals surface area contributed by atoms with E-state index in [1.165, 1.54) is 25.1 Å². The second kappa shape index (κ2) is 6.22. The van der Waals surface area contributed by atoms with E-state index in [1.54, 1.807) is 0 Å². The summed E-state index contributed by atoms with van der Waals surface area (Å²) in [6.45, 7) is 1.29. The molecular formula is C15H20FN3O2. The number of hydrogen-bond acceptors (Lipinski definition) is 3. The van der Waals surface area contributed by atoms with Gasteiger partial charge in [-0.25, -0.2) is 4.39 Å². The van der Waals surface area contributed by atoms with Crippen molar-refractivity contribution in [1.29, 1.82) is 0 Å². The van der Waals surface area contributed by atoms with E-state index >= 15 is 0 Å². The number of anilines is 2. The maximum Gasteiger partial charge on any atom is 0.226 e. The molecule has 0 unspecified atom stereocenters. The molecule has 1 aliphatic rings. The average molecular weight is 293 g/mol. The summed E-state index contributed by atoms with van der Waals surface area (Å²) in [6, 6.07) is 4.05. The minimum absolute atomic E-state index is 0.0450. The SMILES string of the molecule is CC(=O)Nc1cc(NC(=O)CC2(N)CCCC2)ccc1F. The number of carbonyl (C=O) groups excluding carboxylic acids is 2. The Bertz CT molecular complexity index is 554. The molecule has 5 nitrogen and oxygen atoms in total. The molecule has 1 aromatic carbocycles. The van der Waals surface area contributed by atoms with E-state index in [2.05, 4.69) is 10.6 Å². The molecule has 114 valence electrons. The van der Waals surface area contributed by atoms with Crippen molar-refractivity contribution in [2.75, 3.05) is 10.6 Å². The second-order valence-electron chi connectivity index (χ2n) is 5.67. The molecule has 0 bridgehead atoms. The highest BCUT2D eigenvalue weighted by atomic mass is 19.1. The van der Waals surface area contributed by atoms with Gasteiger partial charge in [-0.3, -0.25) is 9.59 Å². The summed E-state index contributed by atoms with van der Waals surface area (Å²) in [6.07, 6.45) is 4.04. The largest absolute Gasteiger partial charge is 0.326 e. The average Bonchev–Trinajstić information content (AvgIpc) is 2.79. The number of carbonyl (C=O) groups is 2. The summed E-state index contributed by atoms with van der Waals surface area (Å²) in [4.78, 5) is 23.0. The molecule has 1 aliphatic carbocycles. The minimum atomic E-state index is -0.547. The summed E-state index contributed by atoms with van der Waals surface area (Å²) in [5.74, 6) is -1.11. The zero-order valence-corrected chi connectivity index (χ0v) is 12.0. The smallest absolute Gasteiger partial charge is 0.226 e. The number of rotatable bonds is 4. The number of amides is 2. The van der Waals surface area contributed by atoms with Gasteiger partial charge in [-0.2, -0.15) is 0 Å². The van der Waals surface area contributed by atoms with E-state index in [0.29, 0.717) is 5.69 Å². The lowest BCUT2D eigenvalue weighted by molar-refractivity contribution is -0.117. The third-order valence-electron chi connectivity index (χ3n) is 3.67. The van der Waals surface area contributed by atoms with Gasteiger partial charge in [-0.1, -0.05) is 12.8 Å². The van der Waals surface area contributed by atoms with E-state index in [4.69, 9.17) is 5.73 Å². The van der Waals surface area contributed by atoms with Crippen LogP contribution in [0.25, 0.3) is 0 Å². The van der Waals surface area contributed by atoms with Crippen molar-refractivity contribution in [2.45, 2.75) is 44.6 Å². The van der Waals surface area contributed by atoms with Gasteiger partial charge in [0.1, 0.15) is 5.82 Å². The minimum Gasteiger partial charge on any atom is -0.326 e. The Hall–Kier alpha value is -1.95. The second-order valence-corrected chi connectivity index (χ2v) is 5.67. The van der Waals surface area contributed by atoms with E-state index in [-0.39, 0.29) is 23.9 Å². The monoisotopic (exact) mass is 293 g/mol. The van der Waals surface area contributed by atoms with Crippen LogP contribution in [0.2, 0.25) is 0 Å². The summed E-state index contributed by atoms with van der Waals surface area (Å²) >= 11 is 0. The van der Waals surface area contributed by atoms with Crippen LogP contribution < -0.4 is 16.4 Å². The van der Waals surface area contributed by atoms with Crippen LogP contribution in [0.4, 0.5) is 15.8 Å². The summed E-state index contributed by atoms with van der Waals surface area (Å²) < 4.78 is 13.5. The van der Waals surface area contributed by atoms with Gasteiger partial charge in [0.2, 0.25) is 11.8 Å². The Balaban J connectivity index is 2.02. The summed E-state index contributed by atoms with van der Waals surface area (Å²) in [5.41, 5.74) is 6.21. The molecule has 0 spiro atoms. The van der Waals surface area contributed by atoms with Gasteiger partial charge in [0, 0.05) is 24.6 Å². The predicted octanol–water partition coefficient (Wildman–Crippen LogP) is 2.38. The first-order valence-corrected chi connectivity index (χ1v) is 7.04. The van der Waals surface area contributed by atoms with E-state index in [9.17, 15) is 14.0 Å². The van der Waals surface area contributed by atoms with Crippen molar-refractivity contribution < 1.29 is 14.0 Å².